The van der Waals surface area contributed by atoms with Crippen LogP contribution in [0.25, 0.3) is 0 Å². The number of aryl methyl sites for hydroxylation is 2. The molecule has 2 rings (SSSR count). The summed E-state index contributed by atoms with van der Waals surface area (Å²) in [5.41, 5.74) is 2.45. The van der Waals surface area contributed by atoms with Gasteiger partial charge in [-0.15, -0.1) is 0 Å². The molecule has 0 aliphatic rings. The molecule has 0 aliphatic carbocycles. The van der Waals surface area contributed by atoms with Crippen LogP contribution >= 0.6 is 11.6 Å². The third-order valence-electron chi connectivity index (χ3n) is 3.05. The molecular formula is C16H15ClN2O3. The SMILES string of the molecule is Cc1ccc(C)c(NC(=O)C(=O)Nc2cc(Cl)ccc2O)c1. The highest BCUT2D eigenvalue weighted by molar-refractivity contribution is 6.44. The zero-order chi connectivity index (χ0) is 16.3. The molecule has 6 heteroatoms. The number of rotatable bonds is 2. The molecule has 3 N–H and O–H groups in total. The largest absolute Gasteiger partial charge is 0.506 e. The van der Waals surface area contributed by atoms with Crippen LogP contribution in [0.2, 0.25) is 5.02 Å². The highest BCUT2D eigenvalue weighted by Crippen LogP contribution is 2.26. The second-order valence-electron chi connectivity index (χ2n) is 4.89. The van der Waals surface area contributed by atoms with E-state index in [1.54, 1.807) is 6.07 Å². The van der Waals surface area contributed by atoms with Crippen molar-refractivity contribution < 1.29 is 14.7 Å². The normalized spacial score (nSPS) is 10.1. The topological polar surface area (TPSA) is 78.4 Å². The van der Waals surface area contributed by atoms with Crippen LogP contribution in [0.5, 0.6) is 5.75 Å². The molecule has 2 amide bonds. The predicted molar refractivity (Wildman–Crippen MR) is 86.3 cm³/mol. The van der Waals surface area contributed by atoms with E-state index in [9.17, 15) is 14.7 Å². The summed E-state index contributed by atoms with van der Waals surface area (Å²) in [4.78, 5) is 23.8. The number of hydrogen-bond donors (Lipinski definition) is 3. The molecule has 5 nitrogen and oxygen atoms in total. The average molecular weight is 319 g/mol. The van der Waals surface area contributed by atoms with Gasteiger partial charge in [0.25, 0.3) is 0 Å². The highest BCUT2D eigenvalue weighted by atomic mass is 35.5. The standard InChI is InChI=1S/C16H15ClN2O3/c1-9-3-4-10(2)12(7-9)18-15(21)16(22)19-13-8-11(17)5-6-14(13)20/h3-8,20H,1-2H3,(H,18,21)(H,19,22). The molecule has 0 aromatic heterocycles. The van der Waals surface area contributed by atoms with Crippen molar-refractivity contribution in [2.75, 3.05) is 10.6 Å². The van der Waals surface area contributed by atoms with Gasteiger partial charge >= 0.3 is 11.8 Å². The fraction of sp³-hybridized carbons (Fsp3) is 0.125. The quantitative estimate of drug-likeness (QED) is 0.587. The summed E-state index contributed by atoms with van der Waals surface area (Å²) >= 11 is 5.78. The monoisotopic (exact) mass is 318 g/mol. The highest BCUT2D eigenvalue weighted by Gasteiger charge is 2.16. The number of carbonyl (C=O) groups is 2. The van der Waals surface area contributed by atoms with Crippen molar-refractivity contribution in [3.63, 3.8) is 0 Å². The Kier molecular flexibility index (Phi) is 4.68. The molecule has 0 unspecified atom stereocenters. The van der Waals surface area contributed by atoms with Crippen LogP contribution in [0.15, 0.2) is 36.4 Å². The number of benzene rings is 2. The molecule has 0 saturated carbocycles. The van der Waals surface area contributed by atoms with E-state index in [1.807, 2.05) is 26.0 Å². The zero-order valence-corrected chi connectivity index (χ0v) is 12.9. The Balaban J connectivity index is 2.11. The summed E-state index contributed by atoms with van der Waals surface area (Å²) in [6.45, 7) is 3.72. The average Bonchev–Trinajstić information content (AvgIpc) is 2.46. The molecule has 22 heavy (non-hydrogen) atoms. The van der Waals surface area contributed by atoms with Crippen molar-refractivity contribution in [1.82, 2.24) is 0 Å². The van der Waals surface area contributed by atoms with Gasteiger partial charge in [0.1, 0.15) is 5.75 Å². The van der Waals surface area contributed by atoms with Gasteiger partial charge in [-0.25, -0.2) is 0 Å². The van der Waals surface area contributed by atoms with Gasteiger partial charge in [-0.1, -0.05) is 23.7 Å². The first-order valence-corrected chi connectivity index (χ1v) is 6.92. The van der Waals surface area contributed by atoms with Crippen molar-refractivity contribution in [3.05, 3.63) is 52.5 Å². The fourth-order valence-corrected chi connectivity index (χ4v) is 2.01. The Labute approximate surface area is 132 Å². The molecule has 2 aromatic rings. The maximum absolute atomic E-state index is 11.9. The Bertz CT molecular complexity index is 681. The lowest BCUT2D eigenvalue weighted by Crippen LogP contribution is -2.29. The molecule has 0 atom stereocenters. The van der Waals surface area contributed by atoms with Gasteiger partial charge < -0.3 is 15.7 Å². The van der Waals surface area contributed by atoms with Gasteiger partial charge in [-0.2, -0.15) is 0 Å². The van der Waals surface area contributed by atoms with Crippen molar-refractivity contribution in [2.24, 2.45) is 0 Å². The molecule has 0 radical (unpaired) electrons. The van der Waals surface area contributed by atoms with E-state index in [-0.39, 0.29) is 11.4 Å². The number of amides is 2. The number of hydrogen-bond acceptors (Lipinski definition) is 3. The van der Waals surface area contributed by atoms with E-state index in [0.717, 1.165) is 11.1 Å². The van der Waals surface area contributed by atoms with E-state index in [2.05, 4.69) is 10.6 Å². The van der Waals surface area contributed by atoms with Crippen LogP contribution in [0.1, 0.15) is 11.1 Å². The van der Waals surface area contributed by atoms with Crippen molar-refractivity contribution in [3.8, 4) is 5.75 Å². The summed E-state index contributed by atoms with van der Waals surface area (Å²) in [6, 6.07) is 9.71. The third-order valence-corrected chi connectivity index (χ3v) is 3.29. The molecule has 0 aliphatic heterocycles. The molecule has 0 spiro atoms. The lowest BCUT2D eigenvalue weighted by atomic mass is 10.1. The van der Waals surface area contributed by atoms with Gasteiger partial charge in [0.05, 0.1) is 5.69 Å². The summed E-state index contributed by atoms with van der Waals surface area (Å²) in [5, 5.41) is 14.8. The van der Waals surface area contributed by atoms with Crippen LogP contribution in [-0.2, 0) is 9.59 Å². The maximum Gasteiger partial charge on any atom is 0.314 e. The maximum atomic E-state index is 11.9. The van der Waals surface area contributed by atoms with Crippen LogP contribution in [-0.4, -0.2) is 16.9 Å². The molecular weight excluding hydrogens is 304 g/mol. The van der Waals surface area contributed by atoms with E-state index >= 15 is 0 Å². The fourth-order valence-electron chi connectivity index (χ4n) is 1.84. The molecule has 114 valence electrons. The first-order chi connectivity index (χ1) is 10.4. The van der Waals surface area contributed by atoms with E-state index in [4.69, 9.17) is 11.6 Å². The van der Waals surface area contributed by atoms with Gasteiger partial charge in [-0.3, -0.25) is 9.59 Å². The summed E-state index contributed by atoms with van der Waals surface area (Å²) in [7, 11) is 0. The Hall–Kier alpha value is -2.53. The molecule has 0 saturated heterocycles. The first kappa shape index (κ1) is 15.9. The molecule has 0 heterocycles. The van der Waals surface area contributed by atoms with Crippen LogP contribution in [0.3, 0.4) is 0 Å². The second kappa shape index (κ2) is 6.49. The van der Waals surface area contributed by atoms with Gasteiger partial charge in [0.2, 0.25) is 0 Å². The summed E-state index contributed by atoms with van der Waals surface area (Å²) < 4.78 is 0. The third kappa shape index (κ3) is 3.77. The number of aromatic hydroxyl groups is 1. The Morgan fingerprint density at radius 2 is 1.59 bits per heavy atom. The lowest BCUT2D eigenvalue weighted by molar-refractivity contribution is -0.133. The number of phenols is 1. The van der Waals surface area contributed by atoms with Crippen LogP contribution in [0, 0.1) is 13.8 Å². The summed E-state index contributed by atoms with van der Waals surface area (Å²) in [6.07, 6.45) is 0. The number of carbonyl (C=O) groups excluding carboxylic acids is 2. The Morgan fingerprint density at radius 1 is 0.955 bits per heavy atom. The van der Waals surface area contributed by atoms with Crippen molar-refractivity contribution >= 4 is 34.8 Å². The predicted octanol–water partition coefficient (Wildman–Crippen LogP) is 3.24. The van der Waals surface area contributed by atoms with Gasteiger partial charge in [-0.05, 0) is 49.2 Å². The van der Waals surface area contributed by atoms with E-state index < -0.39 is 11.8 Å². The molecule has 2 aromatic carbocycles. The zero-order valence-electron chi connectivity index (χ0n) is 12.1. The van der Waals surface area contributed by atoms with Crippen molar-refractivity contribution in [1.29, 1.82) is 0 Å². The van der Waals surface area contributed by atoms with E-state index in [1.165, 1.54) is 18.2 Å². The smallest absolute Gasteiger partial charge is 0.314 e. The Morgan fingerprint density at radius 3 is 2.27 bits per heavy atom. The molecule has 0 fully saturated rings. The second-order valence-corrected chi connectivity index (χ2v) is 5.32. The van der Waals surface area contributed by atoms with Crippen molar-refractivity contribution in [2.45, 2.75) is 13.8 Å². The number of halogens is 1. The first-order valence-electron chi connectivity index (χ1n) is 6.55. The number of nitrogens with one attached hydrogen (secondary N) is 2. The number of phenolic OH excluding ortho intramolecular Hbond substituents is 1. The van der Waals surface area contributed by atoms with Gasteiger partial charge in [0.15, 0.2) is 0 Å². The summed E-state index contributed by atoms with van der Waals surface area (Å²) in [5.74, 6) is -1.89. The minimum absolute atomic E-state index is 0.0774. The lowest BCUT2D eigenvalue weighted by Gasteiger charge is -2.10. The minimum atomic E-state index is -0.890. The number of anilines is 2. The van der Waals surface area contributed by atoms with Crippen LogP contribution < -0.4 is 10.6 Å². The minimum Gasteiger partial charge on any atom is -0.506 e. The van der Waals surface area contributed by atoms with E-state index in [0.29, 0.717) is 10.7 Å². The van der Waals surface area contributed by atoms with Crippen LogP contribution in [0.4, 0.5) is 11.4 Å². The molecule has 0 bridgehead atoms. The van der Waals surface area contributed by atoms with Gasteiger partial charge in [0, 0.05) is 10.7 Å².